The molecular weight excluding hydrogens is 302 g/mol. The summed E-state index contributed by atoms with van der Waals surface area (Å²) in [5.41, 5.74) is 1.63. The normalized spacial score (nSPS) is 21.7. The van der Waals surface area contributed by atoms with Crippen molar-refractivity contribution in [3.05, 3.63) is 41.5 Å². The third-order valence-corrected chi connectivity index (χ3v) is 4.90. The summed E-state index contributed by atoms with van der Waals surface area (Å²) in [6.07, 6.45) is 3.06. The molecule has 3 heterocycles. The van der Waals surface area contributed by atoms with Gasteiger partial charge in [0.2, 0.25) is 0 Å². The van der Waals surface area contributed by atoms with Gasteiger partial charge in [0.05, 0.1) is 17.3 Å². The summed E-state index contributed by atoms with van der Waals surface area (Å²) in [6.45, 7) is 3.55. The molecule has 2 fully saturated rings. The standard InChI is InChI=1S/C18H21N5O/c19-11-13-1-3-16(4-2-13)23-18(15-5-8-20-12-15)21-17(22-23)14-6-9-24-10-7-14/h1-4,14-15,20H,5-10,12H2. The lowest BCUT2D eigenvalue weighted by atomic mass is 10.00. The van der Waals surface area contributed by atoms with Crippen LogP contribution in [0.4, 0.5) is 0 Å². The first-order valence-corrected chi connectivity index (χ1v) is 8.61. The number of aromatic nitrogens is 3. The average Bonchev–Trinajstić information content (AvgIpc) is 3.32. The molecule has 4 rings (SSSR count). The lowest BCUT2D eigenvalue weighted by molar-refractivity contribution is 0.0836. The molecule has 1 aromatic carbocycles. The first kappa shape index (κ1) is 15.3. The van der Waals surface area contributed by atoms with Gasteiger partial charge < -0.3 is 10.1 Å². The number of benzene rings is 1. The van der Waals surface area contributed by atoms with Crippen molar-refractivity contribution < 1.29 is 4.74 Å². The molecule has 0 radical (unpaired) electrons. The lowest BCUT2D eigenvalue weighted by Gasteiger charge is -2.18. The fraction of sp³-hybridized carbons (Fsp3) is 0.500. The minimum atomic E-state index is 0.381. The molecule has 0 amide bonds. The van der Waals surface area contributed by atoms with Crippen LogP contribution in [-0.2, 0) is 4.74 Å². The molecule has 0 saturated carbocycles. The van der Waals surface area contributed by atoms with Gasteiger partial charge in [-0.2, -0.15) is 10.4 Å². The van der Waals surface area contributed by atoms with Crippen molar-refractivity contribution in [1.29, 1.82) is 5.26 Å². The van der Waals surface area contributed by atoms with E-state index in [-0.39, 0.29) is 0 Å². The molecule has 2 aliphatic rings. The first-order chi connectivity index (χ1) is 11.8. The van der Waals surface area contributed by atoms with Gasteiger partial charge in [0.15, 0.2) is 5.82 Å². The fourth-order valence-corrected chi connectivity index (χ4v) is 3.48. The first-order valence-electron chi connectivity index (χ1n) is 8.61. The Balaban J connectivity index is 1.72. The summed E-state index contributed by atoms with van der Waals surface area (Å²) in [6, 6.07) is 9.74. The molecule has 1 N–H and O–H groups in total. The molecule has 1 atom stereocenters. The number of rotatable bonds is 3. The summed E-state index contributed by atoms with van der Waals surface area (Å²) in [5.74, 6) is 2.74. The Bertz CT molecular complexity index is 734. The molecule has 2 aromatic rings. The summed E-state index contributed by atoms with van der Waals surface area (Å²) in [7, 11) is 0. The Kier molecular flexibility index (Phi) is 4.28. The second-order valence-corrected chi connectivity index (χ2v) is 6.48. The maximum Gasteiger partial charge on any atom is 0.154 e. The van der Waals surface area contributed by atoms with Crippen LogP contribution in [0, 0.1) is 11.3 Å². The minimum absolute atomic E-state index is 0.381. The molecular formula is C18H21N5O. The zero-order valence-corrected chi connectivity index (χ0v) is 13.6. The minimum Gasteiger partial charge on any atom is -0.381 e. The van der Waals surface area contributed by atoms with E-state index in [9.17, 15) is 0 Å². The van der Waals surface area contributed by atoms with Crippen molar-refractivity contribution in [3.63, 3.8) is 0 Å². The van der Waals surface area contributed by atoms with Crippen molar-refractivity contribution in [2.75, 3.05) is 26.3 Å². The molecule has 1 unspecified atom stereocenters. The van der Waals surface area contributed by atoms with E-state index in [1.165, 1.54) is 0 Å². The summed E-state index contributed by atoms with van der Waals surface area (Å²) < 4.78 is 7.44. The predicted octanol–water partition coefficient (Wildman–Crippen LogP) is 2.11. The van der Waals surface area contributed by atoms with Crippen LogP contribution in [0.1, 0.15) is 48.3 Å². The van der Waals surface area contributed by atoms with Crippen molar-refractivity contribution in [3.8, 4) is 11.8 Å². The molecule has 6 nitrogen and oxygen atoms in total. The van der Waals surface area contributed by atoms with E-state index in [0.29, 0.717) is 17.4 Å². The van der Waals surface area contributed by atoms with Gasteiger partial charge >= 0.3 is 0 Å². The zero-order chi connectivity index (χ0) is 16.4. The number of nitrogens with zero attached hydrogens (tertiary/aromatic N) is 4. The van der Waals surface area contributed by atoms with Gasteiger partial charge in [0.25, 0.3) is 0 Å². The Morgan fingerprint density at radius 1 is 1.12 bits per heavy atom. The molecule has 0 bridgehead atoms. The van der Waals surface area contributed by atoms with Crippen molar-refractivity contribution in [2.45, 2.75) is 31.1 Å². The Hall–Kier alpha value is -2.23. The van der Waals surface area contributed by atoms with Crippen molar-refractivity contribution >= 4 is 0 Å². The van der Waals surface area contributed by atoms with Gasteiger partial charge in [-0.25, -0.2) is 9.67 Å². The molecule has 0 spiro atoms. The van der Waals surface area contributed by atoms with Gasteiger partial charge in [-0.15, -0.1) is 0 Å². The van der Waals surface area contributed by atoms with Crippen LogP contribution in [0.5, 0.6) is 0 Å². The highest BCUT2D eigenvalue weighted by molar-refractivity contribution is 5.39. The third-order valence-electron chi connectivity index (χ3n) is 4.90. The quantitative estimate of drug-likeness (QED) is 0.936. The van der Waals surface area contributed by atoms with Crippen LogP contribution in [-0.4, -0.2) is 41.1 Å². The molecule has 6 heteroatoms. The van der Waals surface area contributed by atoms with Gasteiger partial charge in [0, 0.05) is 31.6 Å². The highest BCUT2D eigenvalue weighted by atomic mass is 16.5. The molecule has 0 aliphatic carbocycles. The average molecular weight is 323 g/mol. The SMILES string of the molecule is N#Cc1ccc(-n2nc(C3CCOCC3)nc2C2CCNC2)cc1. The Morgan fingerprint density at radius 3 is 2.58 bits per heavy atom. The summed E-state index contributed by atoms with van der Waals surface area (Å²) in [5, 5.41) is 17.3. The van der Waals surface area contributed by atoms with Crippen LogP contribution in [0.2, 0.25) is 0 Å². The van der Waals surface area contributed by atoms with Crippen molar-refractivity contribution in [1.82, 2.24) is 20.1 Å². The number of ether oxygens (including phenoxy) is 1. The number of nitriles is 1. The third kappa shape index (κ3) is 2.93. The molecule has 2 aliphatic heterocycles. The van der Waals surface area contributed by atoms with E-state index < -0.39 is 0 Å². The summed E-state index contributed by atoms with van der Waals surface area (Å²) in [4.78, 5) is 4.93. The van der Waals surface area contributed by atoms with Crippen LogP contribution in [0.15, 0.2) is 24.3 Å². The van der Waals surface area contributed by atoms with Crippen LogP contribution in [0.3, 0.4) is 0 Å². The lowest BCUT2D eigenvalue weighted by Crippen LogP contribution is -2.15. The topological polar surface area (TPSA) is 75.8 Å². The maximum absolute atomic E-state index is 9.00. The number of nitrogens with one attached hydrogen (secondary N) is 1. The highest BCUT2D eigenvalue weighted by Gasteiger charge is 2.27. The van der Waals surface area contributed by atoms with Crippen LogP contribution >= 0.6 is 0 Å². The van der Waals surface area contributed by atoms with Gasteiger partial charge in [0.1, 0.15) is 5.82 Å². The Labute approximate surface area is 141 Å². The van der Waals surface area contributed by atoms with Crippen LogP contribution < -0.4 is 5.32 Å². The molecule has 124 valence electrons. The zero-order valence-electron chi connectivity index (χ0n) is 13.6. The van der Waals surface area contributed by atoms with E-state index in [1.807, 2.05) is 28.9 Å². The number of hydrogen-bond donors (Lipinski definition) is 1. The van der Waals surface area contributed by atoms with Crippen LogP contribution in [0.25, 0.3) is 5.69 Å². The molecule has 1 aromatic heterocycles. The smallest absolute Gasteiger partial charge is 0.154 e. The van der Waals surface area contributed by atoms with E-state index in [2.05, 4.69) is 11.4 Å². The molecule has 2 saturated heterocycles. The van der Waals surface area contributed by atoms with Gasteiger partial charge in [-0.1, -0.05) is 0 Å². The summed E-state index contributed by atoms with van der Waals surface area (Å²) >= 11 is 0. The highest BCUT2D eigenvalue weighted by Crippen LogP contribution is 2.29. The van der Waals surface area contributed by atoms with E-state index in [0.717, 1.165) is 62.9 Å². The largest absolute Gasteiger partial charge is 0.381 e. The second kappa shape index (κ2) is 6.71. The van der Waals surface area contributed by atoms with Crippen molar-refractivity contribution in [2.24, 2.45) is 0 Å². The second-order valence-electron chi connectivity index (χ2n) is 6.48. The maximum atomic E-state index is 9.00. The monoisotopic (exact) mass is 323 g/mol. The molecule has 24 heavy (non-hydrogen) atoms. The van der Waals surface area contributed by atoms with E-state index >= 15 is 0 Å². The van der Waals surface area contributed by atoms with Gasteiger partial charge in [-0.05, 0) is 50.1 Å². The van der Waals surface area contributed by atoms with Gasteiger partial charge in [-0.3, -0.25) is 0 Å². The fourth-order valence-electron chi connectivity index (χ4n) is 3.48. The van der Waals surface area contributed by atoms with E-state index in [1.54, 1.807) is 0 Å². The predicted molar refractivity (Wildman–Crippen MR) is 89.1 cm³/mol. The number of hydrogen-bond acceptors (Lipinski definition) is 5. The Morgan fingerprint density at radius 2 is 1.92 bits per heavy atom. The van der Waals surface area contributed by atoms with E-state index in [4.69, 9.17) is 20.1 Å².